The number of nitrogens with zero attached hydrogens (tertiary/aromatic N) is 1. The predicted octanol–water partition coefficient (Wildman–Crippen LogP) is 0.639. The van der Waals surface area contributed by atoms with Gasteiger partial charge in [-0.2, -0.15) is 0 Å². The lowest BCUT2D eigenvalue weighted by Gasteiger charge is -2.01. The number of H-pyrrole nitrogens is 1. The molecule has 2 aromatic heterocycles. The molecule has 0 aliphatic carbocycles. The second kappa shape index (κ2) is 4.14. The quantitative estimate of drug-likeness (QED) is 0.751. The van der Waals surface area contributed by atoms with Gasteiger partial charge in [-0.05, 0) is 18.2 Å². The van der Waals surface area contributed by atoms with Crippen LogP contribution in [-0.4, -0.2) is 23.0 Å². The topological polar surface area (TPSA) is 72.0 Å². The third-order valence-corrected chi connectivity index (χ3v) is 2.25. The summed E-state index contributed by atoms with van der Waals surface area (Å²) >= 11 is 0. The Bertz CT molecular complexity index is 589. The lowest BCUT2D eigenvalue weighted by atomic mass is 10.2. The van der Waals surface area contributed by atoms with E-state index in [2.05, 4.69) is 14.7 Å². The van der Waals surface area contributed by atoms with Crippen LogP contribution in [0.15, 0.2) is 29.2 Å². The fourth-order valence-electron chi connectivity index (χ4n) is 1.43. The van der Waals surface area contributed by atoms with Gasteiger partial charge in [-0.25, -0.2) is 0 Å². The van der Waals surface area contributed by atoms with Crippen LogP contribution < -0.4 is 5.56 Å². The Balaban J connectivity index is 2.50. The number of hydrogen-bond donors (Lipinski definition) is 1. The normalized spacial score (nSPS) is 10.3. The largest absolute Gasteiger partial charge is 0.469 e. The fraction of sp³-hybridized carbons (Fsp3) is 0.182. The lowest BCUT2D eigenvalue weighted by molar-refractivity contribution is -0.139. The van der Waals surface area contributed by atoms with Crippen molar-refractivity contribution < 1.29 is 9.53 Å². The average molecular weight is 218 g/mol. The van der Waals surface area contributed by atoms with Crippen molar-refractivity contribution in [1.29, 1.82) is 0 Å². The van der Waals surface area contributed by atoms with Gasteiger partial charge in [0.05, 0.1) is 24.6 Å². The second-order valence-electron chi connectivity index (χ2n) is 3.31. The highest BCUT2D eigenvalue weighted by Crippen LogP contribution is 2.07. The van der Waals surface area contributed by atoms with E-state index in [0.717, 1.165) is 0 Å². The number of nitrogens with one attached hydrogen (secondary N) is 1. The van der Waals surface area contributed by atoms with Crippen LogP contribution in [0, 0.1) is 0 Å². The van der Waals surface area contributed by atoms with Crippen molar-refractivity contribution in [3.05, 3.63) is 40.3 Å². The maximum absolute atomic E-state index is 11.6. The highest BCUT2D eigenvalue weighted by atomic mass is 16.5. The van der Waals surface area contributed by atoms with Gasteiger partial charge in [0.15, 0.2) is 0 Å². The Labute approximate surface area is 91.1 Å². The zero-order valence-corrected chi connectivity index (χ0v) is 8.69. The number of hydrogen-bond acceptors (Lipinski definition) is 4. The van der Waals surface area contributed by atoms with Crippen molar-refractivity contribution in [2.75, 3.05) is 7.11 Å². The zero-order chi connectivity index (χ0) is 11.5. The van der Waals surface area contributed by atoms with E-state index < -0.39 is 5.97 Å². The number of rotatable bonds is 2. The molecule has 0 spiro atoms. The number of ether oxygens (including phenoxy) is 1. The second-order valence-corrected chi connectivity index (χ2v) is 3.31. The van der Waals surface area contributed by atoms with E-state index in [1.165, 1.54) is 7.11 Å². The van der Waals surface area contributed by atoms with Gasteiger partial charge in [-0.15, -0.1) is 0 Å². The Morgan fingerprint density at radius 2 is 2.38 bits per heavy atom. The number of methoxy groups -OCH3 is 1. The van der Waals surface area contributed by atoms with Gasteiger partial charge in [0.1, 0.15) is 0 Å². The van der Waals surface area contributed by atoms with Crippen molar-refractivity contribution in [3.63, 3.8) is 0 Å². The minimum Gasteiger partial charge on any atom is -0.469 e. The molecule has 0 aliphatic heterocycles. The molecule has 2 rings (SSSR count). The maximum atomic E-state index is 11.6. The molecule has 5 heteroatoms. The number of aromatic amines is 1. The first-order chi connectivity index (χ1) is 7.70. The minimum atomic E-state index is -0.444. The first-order valence-corrected chi connectivity index (χ1v) is 4.74. The molecule has 5 nitrogen and oxygen atoms in total. The van der Waals surface area contributed by atoms with Crippen LogP contribution in [0.1, 0.15) is 5.56 Å². The highest BCUT2D eigenvalue weighted by molar-refractivity contribution is 5.77. The summed E-state index contributed by atoms with van der Waals surface area (Å²) in [7, 11) is 1.29. The molecule has 82 valence electrons. The first-order valence-electron chi connectivity index (χ1n) is 4.74. The van der Waals surface area contributed by atoms with E-state index in [0.29, 0.717) is 16.6 Å². The van der Waals surface area contributed by atoms with Crippen molar-refractivity contribution in [1.82, 2.24) is 9.97 Å². The van der Waals surface area contributed by atoms with E-state index in [9.17, 15) is 9.59 Å². The van der Waals surface area contributed by atoms with Crippen LogP contribution in [0.25, 0.3) is 11.0 Å². The van der Waals surface area contributed by atoms with Crippen molar-refractivity contribution >= 4 is 17.0 Å². The smallest absolute Gasteiger partial charge is 0.310 e. The van der Waals surface area contributed by atoms with E-state index in [1.54, 1.807) is 24.4 Å². The summed E-state index contributed by atoms with van der Waals surface area (Å²) in [5.74, 6) is -0.444. The standard InChI is InChI=1S/C11H10N2O3/c1-16-10(14)6-7-5-9-8(13-11(7)15)3-2-4-12-9/h2-5H,6H2,1H3,(H,13,15). The predicted molar refractivity (Wildman–Crippen MR) is 58.1 cm³/mol. The number of carbonyl (C=O) groups excluding carboxylic acids is 1. The third-order valence-electron chi connectivity index (χ3n) is 2.25. The number of carbonyl (C=O) groups is 1. The summed E-state index contributed by atoms with van der Waals surface area (Å²) in [5, 5.41) is 0. The van der Waals surface area contributed by atoms with Gasteiger partial charge in [0.2, 0.25) is 0 Å². The molecule has 0 unspecified atom stereocenters. The van der Waals surface area contributed by atoms with E-state index >= 15 is 0 Å². The molecule has 0 radical (unpaired) electrons. The summed E-state index contributed by atoms with van der Waals surface area (Å²) in [4.78, 5) is 29.4. The molecule has 0 bridgehead atoms. The Morgan fingerprint density at radius 3 is 3.12 bits per heavy atom. The molecule has 0 amide bonds. The van der Waals surface area contributed by atoms with Crippen molar-refractivity contribution in [2.24, 2.45) is 0 Å². The van der Waals surface area contributed by atoms with Crippen LogP contribution in [0.3, 0.4) is 0 Å². The number of esters is 1. The van der Waals surface area contributed by atoms with E-state index in [4.69, 9.17) is 0 Å². The van der Waals surface area contributed by atoms with E-state index in [1.807, 2.05) is 0 Å². The molecule has 0 saturated carbocycles. The van der Waals surface area contributed by atoms with Crippen LogP contribution in [0.5, 0.6) is 0 Å². The van der Waals surface area contributed by atoms with Crippen molar-refractivity contribution in [2.45, 2.75) is 6.42 Å². The molecule has 0 atom stereocenters. The molecular formula is C11H10N2O3. The molecule has 2 aromatic rings. The number of aromatic nitrogens is 2. The summed E-state index contributed by atoms with van der Waals surface area (Å²) < 4.78 is 4.51. The summed E-state index contributed by atoms with van der Waals surface area (Å²) in [6, 6.07) is 5.09. The fourth-order valence-corrected chi connectivity index (χ4v) is 1.43. The molecule has 2 heterocycles. The van der Waals surface area contributed by atoms with Crippen LogP contribution in [0.4, 0.5) is 0 Å². The van der Waals surface area contributed by atoms with Gasteiger partial charge in [0.25, 0.3) is 5.56 Å². The molecule has 0 fully saturated rings. The van der Waals surface area contributed by atoms with Gasteiger partial charge in [-0.3, -0.25) is 14.6 Å². The lowest BCUT2D eigenvalue weighted by Crippen LogP contribution is -2.17. The monoisotopic (exact) mass is 218 g/mol. The number of fused-ring (bicyclic) bond motifs is 1. The van der Waals surface area contributed by atoms with Crippen molar-refractivity contribution in [3.8, 4) is 0 Å². The first kappa shape index (κ1) is 10.4. The van der Waals surface area contributed by atoms with Crippen LogP contribution in [-0.2, 0) is 16.0 Å². The van der Waals surface area contributed by atoms with Gasteiger partial charge >= 0.3 is 5.97 Å². The number of pyridine rings is 2. The maximum Gasteiger partial charge on any atom is 0.310 e. The van der Waals surface area contributed by atoms with Gasteiger partial charge < -0.3 is 9.72 Å². The summed E-state index contributed by atoms with van der Waals surface area (Å²) in [6.07, 6.45) is 1.58. The Morgan fingerprint density at radius 1 is 1.56 bits per heavy atom. The van der Waals surface area contributed by atoms with Gasteiger partial charge in [-0.1, -0.05) is 0 Å². The average Bonchev–Trinajstić information content (AvgIpc) is 2.30. The minimum absolute atomic E-state index is 0.0433. The van der Waals surface area contributed by atoms with Crippen LogP contribution in [0.2, 0.25) is 0 Å². The zero-order valence-electron chi connectivity index (χ0n) is 8.69. The summed E-state index contributed by atoms with van der Waals surface area (Å²) in [5.41, 5.74) is 1.38. The molecule has 0 aliphatic rings. The van der Waals surface area contributed by atoms with E-state index in [-0.39, 0.29) is 12.0 Å². The van der Waals surface area contributed by atoms with Gasteiger partial charge in [0, 0.05) is 11.8 Å². The molecule has 1 N–H and O–H groups in total. The molecular weight excluding hydrogens is 208 g/mol. The molecule has 16 heavy (non-hydrogen) atoms. The SMILES string of the molecule is COC(=O)Cc1cc2ncccc2[nH]c1=O. The molecule has 0 saturated heterocycles. The van der Waals surface area contributed by atoms with Crippen LogP contribution >= 0.6 is 0 Å². The Hall–Kier alpha value is -2.17. The molecule has 0 aromatic carbocycles. The summed E-state index contributed by atoms with van der Waals surface area (Å²) in [6.45, 7) is 0. The highest BCUT2D eigenvalue weighted by Gasteiger charge is 2.08. The third kappa shape index (κ3) is 1.93. The Kier molecular flexibility index (Phi) is 2.68.